The van der Waals surface area contributed by atoms with E-state index in [2.05, 4.69) is 23.7 Å². The van der Waals surface area contributed by atoms with Crippen LogP contribution in [0, 0.1) is 0 Å². The molecule has 72 valence electrons. The predicted molar refractivity (Wildman–Crippen MR) is 54.5 cm³/mol. The van der Waals surface area contributed by atoms with E-state index in [1.807, 2.05) is 27.9 Å². The molecule has 12 heavy (non-hydrogen) atoms. The van der Waals surface area contributed by atoms with E-state index in [4.69, 9.17) is 5.73 Å². The van der Waals surface area contributed by atoms with Gasteiger partial charge in [-0.15, -0.1) is 0 Å². The highest BCUT2D eigenvalue weighted by Crippen LogP contribution is 2.10. The lowest BCUT2D eigenvalue weighted by molar-refractivity contribution is 0.271. The molecule has 0 aromatic rings. The first-order valence-corrected chi connectivity index (χ1v) is 4.29. The first kappa shape index (κ1) is 11.4. The second-order valence-electron chi connectivity index (χ2n) is 4.06. The fourth-order valence-corrected chi connectivity index (χ4v) is 0.665. The Bertz CT molecular complexity index is 169. The average Bonchev–Trinajstić information content (AvgIpc) is 1.85. The highest BCUT2D eigenvalue weighted by atomic mass is 15.2. The summed E-state index contributed by atoms with van der Waals surface area (Å²) in [6, 6.07) is 0.268. The normalized spacial score (nSPS) is 14.5. The van der Waals surface area contributed by atoms with Gasteiger partial charge in [-0.25, -0.2) is 0 Å². The standard InChI is InChI=1S/C9H21N3/c1-7(2)11-8(10)9(3,4)12(5)6/h7H,1-6H3,(H2,10,11). The van der Waals surface area contributed by atoms with Gasteiger partial charge in [-0.3, -0.25) is 9.89 Å². The number of hydrogen-bond donors (Lipinski definition) is 1. The van der Waals surface area contributed by atoms with Crippen molar-refractivity contribution < 1.29 is 0 Å². The molecule has 3 nitrogen and oxygen atoms in total. The molecule has 0 unspecified atom stereocenters. The Morgan fingerprint density at radius 2 is 1.75 bits per heavy atom. The lowest BCUT2D eigenvalue weighted by Crippen LogP contribution is -2.50. The van der Waals surface area contributed by atoms with Gasteiger partial charge in [-0.2, -0.15) is 0 Å². The monoisotopic (exact) mass is 171 g/mol. The highest BCUT2D eigenvalue weighted by molar-refractivity contribution is 5.89. The van der Waals surface area contributed by atoms with Gasteiger partial charge in [-0.05, 0) is 41.8 Å². The second-order valence-corrected chi connectivity index (χ2v) is 4.06. The van der Waals surface area contributed by atoms with Crippen LogP contribution in [0.5, 0.6) is 0 Å². The number of nitrogens with zero attached hydrogens (tertiary/aromatic N) is 2. The SMILES string of the molecule is CC(C)N=C(N)C(C)(C)N(C)C. The van der Waals surface area contributed by atoms with Crippen LogP contribution in [0.25, 0.3) is 0 Å². The molecule has 0 aromatic heterocycles. The largest absolute Gasteiger partial charge is 0.386 e. The number of amidine groups is 1. The molecule has 2 N–H and O–H groups in total. The van der Waals surface area contributed by atoms with Crippen LogP contribution < -0.4 is 5.73 Å². The summed E-state index contributed by atoms with van der Waals surface area (Å²) >= 11 is 0. The van der Waals surface area contributed by atoms with Crippen molar-refractivity contribution in [3.8, 4) is 0 Å². The van der Waals surface area contributed by atoms with E-state index in [0.29, 0.717) is 5.84 Å². The van der Waals surface area contributed by atoms with E-state index < -0.39 is 0 Å². The van der Waals surface area contributed by atoms with E-state index in [9.17, 15) is 0 Å². The van der Waals surface area contributed by atoms with Crippen molar-refractivity contribution in [3.05, 3.63) is 0 Å². The second kappa shape index (κ2) is 3.90. The first-order chi connectivity index (χ1) is 5.28. The van der Waals surface area contributed by atoms with Crippen LogP contribution in [0.4, 0.5) is 0 Å². The van der Waals surface area contributed by atoms with Crippen LogP contribution in [0.1, 0.15) is 27.7 Å². The van der Waals surface area contributed by atoms with Crippen LogP contribution in [-0.2, 0) is 0 Å². The number of aliphatic imine (C=N–C) groups is 1. The highest BCUT2D eigenvalue weighted by Gasteiger charge is 2.25. The fourth-order valence-electron chi connectivity index (χ4n) is 0.665. The minimum Gasteiger partial charge on any atom is -0.386 e. The molecule has 0 atom stereocenters. The topological polar surface area (TPSA) is 41.6 Å². The number of rotatable bonds is 3. The van der Waals surface area contributed by atoms with Crippen molar-refractivity contribution in [2.45, 2.75) is 39.3 Å². The molecular formula is C9H21N3. The summed E-state index contributed by atoms with van der Waals surface area (Å²) < 4.78 is 0. The minimum absolute atomic E-state index is 0.149. The van der Waals surface area contributed by atoms with Crippen molar-refractivity contribution in [1.29, 1.82) is 0 Å². The maximum atomic E-state index is 5.86. The molecule has 0 radical (unpaired) electrons. The Morgan fingerprint density at radius 3 is 2.00 bits per heavy atom. The average molecular weight is 171 g/mol. The van der Waals surface area contributed by atoms with Crippen LogP contribution in [0.2, 0.25) is 0 Å². The first-order valence-electron chi connectivity index (χ1n) is 4.29. The summed E-state index contributed by atoms with van der Waals surface area (Å²) in [5.41, 5.74) is 5.71. The number of hydrogen-bond acceptors (Lipinski definition) is 2. The Labute approximate surface area is 75.7 Å². The van der Waals surface area contributed by atoms with E-state index in [-0.39, 0.29) is 11.6 Å². The molecule has 0 saturated heterocycles. The molecule has 0 saturated carbocycles. The maximum Gasteiger partial charge on any atom is 0.114 e. The Morgan fingerprint density at radius 1 is 1.33 bits per heavy atom. The van der Waals surface area contributed by atoms with E-state index in [1.165, 1.54) is 0 Å². The zero-order valence-corrected chi connectivity index (χ0v) is 9.05. The molecule has 3 heteroatoms. The molecule has 0 heterocycles. The van der Waals surface area contributed by atoms with Crippen molar-refractivity contribution in [3.63, 3.8) is 0 Å². The lowest BCUT2D eigenvalue weighted by Gasteiger charge is -2.32. The van der Waals surface area contributed by atoms with Crippen LogP contribution in [0.15, 0.2) is 4.99 Å². The molecule has 0 aliphatic carbocycles. The van der Waals surface area contributed by atoms with Crippen molar-refractivity contribution in [1.82, 2.24) is 4.90 Å². The van der Waals surface area contributed by atoms with Gasteiger partial charge in [0.25, 0.3) is 0 Å². The lowest BCUT2D eigenvalue weighted by atomic mass is 10.0. The smallest absolute Gasteiger partial charge is 0.114 e. The Balaban J connectivity index is 4.56. The summed E-state index contributed by atoms with van der Waals surface area (Å²) in [7, 11) is 4.01. The fraction of sp³-hybridized carbons (Fsp3) is 0.889. The van der Waals surface area contributed by atoms with Gasteiger partial charge in [0.1, 0.15) is 5.84 Å². The molecular weight excluding hydrogens is 150 g/mol. The van der Waals surface area contributed by atoms with Gasteiger partial charge < -0.3 is 5.73 Å². The van der Waals surface area contributed by atoms with Crippen molar-refractivity contribution >= 4 is 5.84 Å². The van der Waals surface area contributed by atoms with E-state index in [0.717, 1.165) is 0 Å². The molecule has 0 aromatic carbocycles. The van der Waals surface area contributed by atoms with Gasteiger partial charge in [-0.1, -0.05) is 0 Å². The maximum absolute atomic E-state index is 5.86. The molecule has 0 rings (SSSR count). The Hall–Kier alpha value is -0.570. The van der Waals surface area contributed by atoms with Crippen LogP contribution in [-0.4, -0.2) is 36.4 Å². The molecule has 0 spiro atoms. The Kier molecular flexibility index (Phi) is 3.71. The molecule has 0 aliphatic heterocycles. The number of nitrogens with two attached hydrogens (primary N) is 1. The summed E-state index contributed by atoms with van der Waals surface area (Å²) in [6.45, 7) is 8.18. The summed E-state index contributed by atoms with van der Waals surface area (Å²) in [6.07, 6.45) is 0. The van der Waals surface area contributed by atoms with Gasteiger partial charge in [0.2, 0.25) is 0 Å². The van der Waals surface area contributed by atoms with Crippen LogP contribution in [0.3, 0.4) is 0 Å². The zero-order valence-electron chi connectivity index (χ0n) is 9.05. The third-order valence-corrected chi connectivity index (χ3v) is 2.14. The van der Waals surface area contributed by atoms with E-state index >= 15 is 0 Å². The van der Waals surface area contributed by atoms with Gasteiger partial charge >= 0.3 is 0 Å². The molecule has 0 bridgehead atoms. The van der Waals surface area contributed by atoms with Crippen molar-refractivity contribution in [2.24, 2.45) is 10.7 Å². The molecule has 0 aliphatic rings. The van der Waals surface area contributed by atoms with Crippen LogP contribution >= 0.6 is 0 Å². The third kappa shape index (κ3) is 2.81. The van der Waals surface area contributed by atoms with Crippen molar-refractivity contribution in [2.75, 3.05) is 14.1 Å². The summed E-state index contributed by atoms with van der Waals surface area (Å²) in [5, 5.41) is 0. The summed E-state index contributed by atoms with van der Waals surface area (Å²) in [4.78, 5) is 6.39. The van der Waals surface area contributed by atoms with E-state index in [1.54, 1.807) is 0 Å². The quantitative estimate of drug-likeness (QED) is 0.510. The third-order valence-electron chi connectivity index (χ3n) is 2.14. The molecule has 0 fully saturated rings. The predicted octanol–water partition coefficient (Wildman–Crippen LogP) is 1.09. The van der Waals surface area contributed by atoms with Gasteiger partial charge in [0.05, 0.1) is 5.54 Å². The summed E-state index contributed by atoms with van der Waals surface area (Å²) in [5.74, 6) is 0.697. The minimum atomic E-state index is -0.149. The molecule has 0 amide bonds. The zero-order chi connectivity index (χ0) is 9.94. The number of likely N-dealkylation sites (N-methyl/N-ethyl adjacent to an activating group) is 1. The van der Waals surface area contributed by atoms with Gasteiger partial charge in [0.15, 0.2) is 0 Å². The van der Waals surface area contributed by atoms with Gasteiger partial charge in [0, 0.05) is 6.04 Å².